The van der Waals surface area contributed by atoms with Gasteiger partial charge in [-0.15, -0.1) is 0 Å². The fourth-order valence-corrected chi connectivity index (χ4v) is 1.74. The summed E-state index contributed by atoms with van der Waals surface area (Å²) in [6.07, 6.45) is 1.23. The summed E-state index contributed by atoms with van der Waals surface area (Å²) in [4.78, 5) is 12.5. The third-order valence-electron chi connectivity index (χ3n) is 2.54. The molecule has 0 saturated carbocycles. The monoisotopic (exact) mass is 382 g/mol. The molecule has 0 aliphatic heterocycles. The first-order valence-corrected chi connectivity index (χ1v) is 8.51. The molecule has 0 fully saturated rings. The van der Waals surface area contributed by atoms with Gasteiger partial charge in [-0.3, -0.25) is 0 Å². The zero-order valence-electron chi connectivity index (χ0n) is 16.2. The molecule has 0 aromatic rings. The molecule has 0 amide bonds. The Morgan fingerprint density at radius 1 is 0.875 bits per heavy atom. The van der Waals surface area contributed by atoms with Crippen LogP contribution in [0.5, 0.6) is 0 Å². The minimum absolute atomic E-state index is 0. The maximum absolute atomic E-state index is 12.5. The third kappa shape index (κ3) is 11.6. The van der Waals surface area contributed by atoms with E-state index < -0.39 is 11.9 Å². The fraction of sp³-hybridized carbons (Fsp3) is 0.941. The first-order valence-electron chi connectivity index (χ1n) is 8.51. The van der Waals surface area contributed by atoms with Crippen LogP contribution in [0.2, 0.25) is 0 Å². The van der Waals surface area contributed by atoms with Crippen molar-refractivity contribution in [3.63, 3.8) is 0 Å². The Morgan fingerprint density at radius 2 is 1.42 bits per heavy atom. The predicted octanol–water partition coefficient (Wildman–Crippen LogP) is 3.27. The molecule has 0 bridgehead atoms. The van der Waals surface area contributed by atoms with E-state index in [9.17, 15) is 4.79 Å². The number of ether oxygens (including phenoxy) is 5. The van der Waals surface area contributed by atoms with Crippen molar-refractivity contribution in [3.8, 4) is 0 Å². The van der Waals surface area contributed by atoms with Gasteiger partial charge in [-0.2, -0.15) is 0 Å². The number of carbonyl (C=O) groups excluding carboxylic acids is 1. The van der Waals surface area contributed by atoms with Crippen molar-refractivity contribution in [2.75, 3.05) is 19.8 Å². The molecule has 0 spiro atoms. The Bertz CT molecular complexity index is 310. The van der Waals surface area contributed by atoms with Crippen molar-refractivity contribution in [2.24, 2.45) is 0 Å². The summed E-state index contributed by atoms with van der Waals surface area (Å²) in [7, 11) is 0. The molecule has 0 atom stereocenters. The van der Waals surface area contributed by atoms with Gasteiger partial charge in [-0.1, -0.05) is 13.3 Å². The molecule has 0 aliphatic carbocycles. The number of hydrogen-bond acceptors (Lipinski definition) is 6. The first-order chi connectivity index (χ1) is 10.7. The van der Waals surface area contributed by atoms with E-state index in [1.54, 1.807) is 13.8 Å². The molecule has 6 nitrogen and oxygen atoms in total. The van der Waals surface area contributed by atoms with Gasteiger partial charge in [0.1, 0.15) is 0 Å². The third-order valence-corrected chi connectivity index (χ3v) is 2.54. The predicted molar refractivity (Wildman–Crippen MR) is 88.1 cm³/mol. The summed E-state index contributed by atoms with van der Waals surface area (Å²) in [6, 6.07) is 0. The van der Waals surface area contributed by atoms with Crippen LogP contribution in [0.1, 0.15) is 61.3 Å². The minimum Gasteiger partial charge on any atom is -0.457 e. The van der Waals surface area contributed by atoms with E-state index in [0.717, 1.165) is 12.8 Å². The van der Waals surface area contributed by atoms with Crippen molar-refractivity contribution in [1.82, 2.24) is 0 Å². The summed E-state index contributed by atoms with van der Waals surface area (Å²) in [5.41, 5.74) is 0. The van der Waals surface area contributed by atoms with Crippen LogP contribution in [-0.4, -0.2) is 50.1 Å². The first kappa shape index (κ1) is 26.3. The molecular weight excluding hydrogens is 348 g/mol. The molecule has 7 heteroatoms. The molecule has 0 aliphatic rings. The zero-order valence-corrected chi connectivity index (χ0v) is 17.8. The van der Waals surface area contributed by atoms with Gasteiger partial charge in [0.25, 0.3) is 0 Å². The molecule has 0 radical (unpaired) electrons. The van der Waals surface area contributed by atoms with Crippen LogP contribution in [0.15, 0.2) is 0 Å². The molecule has 0 aromatic carbocycles. The van der Waals surface area contributed by atoms with Crippen LogP contribution in [0.25, 0.3) is 0 Å². The molecule has 0 saturated heterocycles. The number of hydrogen-bond donors (Lipinski definition) is 0. The number of unbranched alkanes of at least 4 members (excludes halogenated alkanes) is 1. The van der Waals surface area contributed by atoms with E-state index in [1.165, 1.54) is 0 Å². The molecule has 0 heterocycles. The van der Waals surface area contributed by atoms with Gasteiger partial charge >= 0.3 is 11.9 Å². The van der Waals surface area contributed by atoms with Gasteiger partial charge < -0.3 is 23.7 Å². The van der Waals surface area contributed by atoms with Crippen molar-refractivity contribution in [2.45, 2.75) is 85.6 Å². The van der Waals surface area contributed by atoms with Gasteiger partial charge in [0.05, 0.1) is 31.5 Å². The van der Waals surface area contributed by atoms with E-state index in [2.05, 4.69) is 6.92 Å². The molecular formula is C17H34O6Ti. The number of carbonyl (C=O) groups is 1. The molecule has 0 rings (SSSR count). The molecule has 0 N–H and O–H groups in total. The van der Waals surface area contributed by atoms with Crippen molar-refractivity contribution < 1.29 is 50.2 Å². The van der Waals surface area contributed by atoms with Gasteiger partial charge in [0, 0.05) is 28.3 Å². The summed E-state index contributed by atoms with van der Waals surface area (Å²) in [5.74, 6) is -2.54. The van der Waals surface area contributed by atoms with E-state index in [1.807, 2.05) is 27.7 Å². The summed E-state index contributed by atoms with van der Waals surface area (Å²) in [5, 5.41) is 0. The van der Waals surface area contributed by atoms with Crippen molar-refractivity contribution in [1.29, 1.82) is 0 Å². The van der Waals surface area contributed by atoms with Crippen LogP contribution < -0.4 is 0 Å². The normalized spacial score (nSPS) is 11.9. The van der Waals surface area contributed by atoms with Crippen molar-refractivity contribution in [3.05, 3.63) is 0 Å². The number of esters is 1. The van der Waals surface area contributed by atoms with Crippen LogP contribution in [0, 0.1) is 0 Å². The average molecular weight is 382 g/mol. The van der Waals surface area contributed by atoms with Gasteiger partial charge in [0.15, 0.2) is 0 Å². The topological polar surface area (TPSA) is 63.2 Å². The van der Waals surface area contributed by atoms with E-state index in [-0.39, 0.29) is 46.6 Å². The SMILES string of the molecule is CCCCOCCOC(OC(C)C)(OC(C)C)C(=O)OC(C)C.[Ti]. The maximum Gasteiger partial charge on any atom is 0.398 e. The van der Waals surface area contributed by atoms with Crippen molar-refractivity contribution >= 4 is 5.97 Å². The smallest absolute Gasteiger partial charge is 0.398 e. The van der Waals surface area contributed by atoms with Gasteiger partial charge in [-0.25, -0.2) is 4.79 Å². The molecule has 0 unspecified atom stereocenters. The van der Waals surface area contributed by atoms with Gasteiger partial charge in [-0.05, 0) is 48.0 Å². The van der Waals surface area contributed by atoms with Crippen LogP contribution in [0.3, 0.4) is 0 Å². The Hall–Kier alpha value is 0.0243. The Balaban J connectivity index is 0. The molecule has 0 aromatic heterocycles. The standard InChI is InChI=1S/C17H34O6.Ti/c1-8-9-10-19-11-12-20-17(22-14(4)5,23-15(6)7)16(18)21-13(2)3;/h13-15H,8-12H2,1-7H3;. The Kier molecular flexibility index (Phi) is 15.6. The van der Waals surface area contributed by atoms with Crippen LogP contribution in [0.4, 0.5) is 0 Å². The van der Waals surface area contributed by atoms with Gasteiger partial charge in [0.2, 0.25) is 0 Å². The second-order valence-electron chi connectivity index (χ2n) is 6.16. The van der Waals surface area contributed by atoms with Crippen LogP contribution in [-0.2, 0) is 50.2 Å². The Morgan fingerprint density at radius 3 is 1.83 bits per heavy atom. The largest absolute Gasteiger partial charge is 0.457 e. The second kappa shape index (κ2) is 14.2. The summed E-state index contributed by atoms with van der Waals surface area (Å²) >= 11 is 0. The summed E-state index contributed by atoms with van der Waals surface area (Å²) in [6.45, 7) is 14.1. The summed E-state index contributed by atoms with van der Waals surface area (Å²) < 4.78 is 27.7. The van der Waals surface area contributed by atoms with E-state index in [0.29, 0.717) is 13.2 Å². The van der Waals surface area contributed by atoms with Crippen LogP contribution >= 0.6 is 0 Å². The number of rotatable bonds is 13. The maximum atomic E-state index is 12.5. The average Bonchev–Trinajstić information content (AvgIpc) is 2.40. The quantitative estimate of drug-likeness (QED) is 0.211. The molecule has 142 valence electrons. The van der Waals surface area contributed by atoms with E-state index >= 15 is 0 Å². The Labute approximate surface area is 161 Å². The zero-order chi connectivity index (χ0) is 17.9. The molecule has 24 heavy (non-hydrogen) atoms. The van der Waals surface area contributed by atoms with E-state index in [4.69, 9.17) is 23.7 Å². The minimum atomic E-state index is -1.86. The second-order valence-corrected chi connectivity index (χ2v) is 6.16. The fourth-order valence-electron chi connectivity index (χ4n) is 1.74.